The van der Waals surface area contributed by atoms with Gasteiger partial charge in [0, 0.05) is 13.1 Å². The summed E-state index contributed by atoms with van der Waals surface area (Å²) in [5.41, 5.74) is 0. The largest absolute Gasteiger partial charge is 0.481 e. The van der Waals surface area contributed by atoms with Crippen molar-refractivity contribution in [3.63, 3.8) is 0 Å². The maximum atomic E-state index is 11.4. The molecule has 1 atom stereocenters. The minimum absolute atomic E-state index is 0.256. The summed E-state index contributed by atoms with van der Waals surface area (Å²) in [5.74, 6) is -2.12. The van der Waals surface area contributed by atoms with Crippen molar-refractivity contribution in [1.82, 2.24) is 10.2 Å². The Morgan fingerprint density at radius 3 is 2.47 bits per heavy atom. The molecule has 0 radical (unpaired) electrons. The highest BCUT2D eigenvalue weighted by Gasteiger charge is 2.24. The Morgan fingerprint density at radius 2 is 2.07 bits per heavy atom. The normalized spacial score (nSPS) is 12.5. The van der Waals surface area contributed by atoms with Crippen molar-refractivity contribution in [1.29, 1.82) is 0 Å². The van der Waals surface area contributed by atoms with E-state index in [1.807, 2.05) is 19.0 Å². The minimum atomic E-state index is -1.09. The van der Waals surface area contributed by atoms with Gasteiger partial charge in [-0.15, -0.1) is 0 Å². The molecule has 0 saturated carbocycles. The van der Waals surface area contributed by atoms with Crippen molar-refractivity contribution in [3.8, 4) is 0 Å². The SMILES string of the molecule is CN(C)CCNC(=O)C(CCS)C(=O)O. The van der Waals surface area contributed by atoms with Gasteiger partial charge in [-0.1, -0.05) is 0 Å². The highest BCUT2D eigenvalue weighted by atomic mass is 32.1. The van der Waals surface area contributed by atoms with Gasteiger partial charge < -0.3 is 15.3 Å². The molecule has 0 fully saturated rings. The quantitative estimate of drug-likeness (QED) is 0.417. The molecule has 0 aromatic heterocycles. The van der Waals surface area contributed by atoms with Crippen molar-refractivity contribution in [3.05, 3.63) is 0 Å². The molecule has 0 aliphatic rings. The molecule has 0 rings (SSSR count). The lowest BCUT2D eigenvalue weighted by atomic mass is 10.1. The van der Waals surface area contributed by atoms with Crippen molar-refractivity contribution >= 4 is 24.5 Å². The number of nitrogens with one attached hydrogen (secondary N) is 1. The average Bonchev–Trinajstić information content (AvgIpc) is 2.12. The van der Waals surface area contributed by atoms with Crippen LogP contribution >= 0.6 is 12.6 Å². The van der Waals surface area contributed by atoms with E-state index in [4.69, 9.17) is 5.11 Å². The van der Waals surface area contributed by atoms with Crippen LogP contribution in [0.1, 0.15) is 6.42 Å². The Hall–Kier alpha value is -0.750. The molecule has 0 spiro atoms. The lowest BCUT2D eigenvalue weighted by Crippen LogP contribution is -2.38. The summed E-state index contributed by atoms with van der Waals surface area (Å²) >= 11 is 3.92. The molecular formula is C9H18N2O3S. The van der Waals surface area contributed by atoms with E-state index in [9.17, 15) is 9.59 Å². The average molecular weight is 234 g/mol. The minimum Gasteiger partial charge on any atom is -0.481 e. The number of carboxylic acids is 1. The first-order chi connectivity index (χ1) is 6.99. The molecule has 15 heavy (non-hydrogen) atoms. The third-order valence-electron chi connectivity index (χ3n) is 1.89. The molecule has 0 heterocycles. The van der Waals surface area contributed by atoms with Crippen LogP contribution < -0.4 is 5.32 Å². The first-order valence-corrected chi connectivity index (χ1v) is 5.38. The van der Waals surface area contributed by atoms with Crippen molar-refractivity contribution in [2.24, 2.45) is 5.92 Å². The molecule has 0 aliphatic carbocycles. The van der Waals surface area contributed by atoms with E-state index in [1.165, 1.54) is 0 Å². The molecule has 6 heteroatoms. The van der Waals surface area contributed by atoms with Crippen molar-refractivity contribution < 1.29 is 14.7 Å². The van der Waals surface area contributed by atoms with E-state index < -0.39 is 17.8 Å². The first kappa shape index (κ1) is 14.2. The zero-order valence-corrected chi connectivity index (χ0v) is 9.96. The Morgan fingerprint density at radius 1 is 1.47 bits per heavy atom. The fourth-order valence-corrected chi connectivity index (χ4v) is 1.28. The third-order valence-corrected chi connectivity index (χ3v) is 2.15. The third kappa shape index (κ3) is 6.35. The zero-order valence-electron chi connectivity index (χ0n) is 9.06. The van der Waals surface area contributed by atoms with Crippen LogP contribution in [0.4, 0.5) is 0 Å². The number of amides is 1. The van der Waals surface area contributed by atoms with Crippen molar-refractivity contribution in [2.45, 2.75) is 6.42 Å². The monoisotopic (exact) mass is 234 g/mol. The molecule has 1 unspecified atom stereocenters. The second kappa shape index (κ2) is 7.53. The van der Waals surface area contributed by atoms with Gasteiger partial charge in [0.2, 0.25) is 5.91 Å². The second-order valence-corrected chi connectivity index (χ2v) is 3.94. The van der Waals surface area contributed by atoms with Gasteiger partial charge in [0.25, 0.3) is 0 Å². The molecule has 1 amide bonds. The second-order valence-electron chi connectivity index (χ2n) is 3.50. The van der Waals surface area contributed by atoms with Crippen LogP contribution in [0.2, 0.25) is 0 Å². The van der Waals surface area contributed by atoms with Gasteiger partial charge in [0.15, 0.2) is 0 Å². The van der Waals surface area contributed by atoms with Gasteiger partial charge in [-0.25, -0.2) is 0 Å². The molecule has 2 N–H and O–H groups in total. The predicted molar refractivity (Wildman–Crippen MR) is 61.2 cm³/mol. The Labute approximate surface area is 95.2 Å². The maximum absolute atomic E-state index is 11.4. The number of hydrogen-bond donors (Lipinski definition) is 3. The number of carboxylic acid groups (broad SMARTS) is 1. The number of thiol groups is 1. The van der Waals surface area contributed by atoms with Gasteiger partial charge in [-0.3, -0.25) is 9.59 Å². The molecule has 88 valence electrons. The summed E-state index contributed by atoms with van der Waals surface area (Å²) in [6, 6.07) is 0. The molecular weight excluding hydrogens is 216 g/mol. The fraction of sp³-hybridized carbons (Fsp3) is 0.778. The maximum Gasteiger partial charge on any atom is 0.316 e. The van der Waals surface area contributed by atoms with E-state index in [0.29, 0.717) is 18.8 Å². The topological polar surface area (TPSA) is 69.6 Å². The van der Waals surface area contributed by atoms with Crippen molar-refractivity contribution in [2.75, 3.05) is 32.9 Å². The molecule has 0 aliphatic heterocycles. The van der Waals surface area contributed by atoms with Crippen LogP contribution in [0.3, 0.4) is 0 Å². The van der Waals surface area contributed by atoms with Crippen LogP contribution in [-0.4, -0.2) is 54.8 Å². The van der Waals surface area contributed by atoms with Crippen LogP contribution in [0.25, 0.3) is 0 Å². The van der Waals surface area contributed by atoms with Crippen LogP contribution in [0, 0.1) is 5.92 Å². The van der Waals surface area contributed by atoms with Gasteiger partial charge >= 0.3 is 5.97 Å². The van der Waals surface area contributed by atoms with E-state index in [-0.39, 0.29) is 6.42 Å². The molecule has 0 aromatic rings. The Balaban J connectivity index is 3.98. The lowest BCUT2D eigenvalue weighted by molar-refractivity contribution is -0.147. The summed E-state index contributed by atoms with van der Waals surface area (Å²) in [6.07, 6.45) is 0.256. The number of carbonyl (C=O) groups is 2. The van der Waals surface area contributed by atoms with E-state index in [1.54, 1.807) is 0 Å². The molecule has 0 bridgehead atoms. The fourth-order valence-electron chi connectivity index (χ4n) is 1.02. The highest BCUT2D eigenvalue weighted by molar-refractivity contribution is 7.80. The van der Waals surface area contributed by atoms with Gasteiger partial charge in [0.1, 0.15) is 5.92 Å². The molecule has 5 nitrogen and oxygen atoms in total. The van der Waals surface area contributed by atoms with Gasteiger partial charge in [0.05, 0.1) is 0 Å². The van der Waals surface area contributed by atoms with E-state index in [0.717, 1.165) is 0 Å². The highest BCUT2D eigenvalue weighted by Crippen LogP contribution is 2.04. The number of hydrogen-bond acceptors (Lipinski definition) is 4. The van der Waals surface area contributed by atoms with Gasteiger partial charge in [-0.05, 0) is 26.3 Å². The number of rotatable bonds is 7. The summed E-state index contributed by atoms with van der Waals surface area (Å²) in [7, 11) is 3.77. The van der Waals surface area contributed by atoms with Crippen LogP contribution in [0.5, 0.6) is 0 Å². The summed E-state index contributed by atoms with van der Waals surface area (Å²) in [6.45, 7) is 1.15. The molecule has 0 saturated heterocycles. The first-order valence-electron chi connectivity index (χ1n) is 4.75. The Kier molecular flexibility index (Phi) is 7.15. The standard InChI is InChI=1S/C9H18N2O3S/c1-11(2)5-4-10-8(12)7(3-6-15)9(13)14/h7,15H,3-6H2,1-2H3,(H,10,12)(H,13,14). The van der Waals surface area contributed by atoms with Crippen LogP contribution in [-0.2, 0) is 9.59 Å². The molecule has 0 aromatic carbocycles. The summed E-state index contributed by atoms with van der Waals surface area (Å²) < 4.78 is 0. The van der Waals surface area contributed by atoms with E-state index >= 15 is 0 Å². The van der Waals surface area contributed by atoms with E-state index in [2.05, 4.69) is 17.9 Å². The number of aliphatic carboxylic acids is 1. The number of nitrogens with zero attached hydrogens (tertiary/aromatic N) is 1. The predicted octanol–water partition coefficient (Wildman–Crippen LogP) is -0.315. The lowest BCUT2D eigenvalue weighted by Gasteiger charge is -2.13. The van der Waals surface area contributed by atoms with Crippen LogP contribution in [0.15, 0.2) is 0 Å². The smallest absolute Gasteiger partial charge is 0.316 e. The number of likely N-dealkylation sites (N-methyl/N-ethyl adjacent to an activating group) is 1. The Bertz CT molecular complexity index is 221. The summed E-state index contributed by atoms with van der Waals surface area (Å²) in [4.78, 5) is 24.0. The number of carbonyl (C=O) groups excluding carboxylic acids is 1. The van der Waals surface area contributed by atoms with Gasteiger partial charge in [-0.2, -0.15) is 12.6 Å². The summed E-state index contributed by atoms with van der Waals surface area (Å²) in [5, 5.41) is 11.4. The zero-order chi connectivity index (χ0) is 11.8.